The van der Waals surface area contributed by atoms with Gasteiger partial charge in [0.1, 0.15) is 5.76 Å². The highest BCUT2D eigenvalue weighted by Gasteiger charge is 2.21. The Morgan fingerprint density at radius 3 is 2.41 bits per heavy atom. The second-order valence-electron chi connectivity index (χ2n) is 7.49. The number of ether oxygens (including phenoxy) is 1. The van der Waals surface area contributed by atoms with E-state index in [2.05, 4.69) is 10.0 Å². The Morgan fingerprint density at radius 1 is 0.941 bits per heavy atom. The van der Waals surface area contributed by atoms with Crippen LogP contribution in [-0.2, 0) is 26.1 Å². The fourth-order valence-corrected chi connectivity index (χ4v) is 4.28. The van der Waals surface area contributed by atoms with Crippen molar-refractivity contribution in [1.82, 2.24) is 4.72 Å². The van der Waals surface area contributed by atoms with E-state index in [1.807, 2.05) is 36.4 Å². The van der Waals surface area contributed by atoms with Crippen molar-refractivity contribution in [2.45, 2.75) is 24.5 Å². The zero-order chi connectivity index (χ0) is 24.1. The fourth-order valence-electron chi connectivity index (χ4n) is 3.28. The molecule has 0 bridgehead atoms. The first-order valence-corrected chi connectivity index (χ1v) is 11.9. The van der Waals surface area contributed by atoms with Gasteiger partial charge in [-0.15, -0.1) is 0 Å². The van der Waals surface area contributed by atoms with Crippen LogP contribution >= 0.6 is 0 Å². The minimum absolute atomic E-state index is 0.00243. The lowest BCUT2D eigenvalue weighted by molar-refractivity contribution is -0.123. The van der Waals surface area contributed by atoms with Crippen LogP contribution in [0, 0.1) is 0 Å². The summed E-state index contributed by atoms with van der Waals surface area (Å²) < 4.78 is 37.6. The number of amides is 1. The van der Waals surface area contributed by atoms with Gasteiger partial charge in [0.05, 0.1) is 23.3 Å². The van der Waals surface area contributed by atoms with Gasteiger partial charge in [0, 0.05) is 11.1 Å². The smallest absolute Gasteiger partial charge is 0.338 e. The van der Waals surface area contributed by atoms with Gasteiger partial charge in [0.2, 0.25) is 10.0 Å². The molecular weight excluding hydrogens is 456 g/mol. The van der Waals surface area contributed by atoms with Crippen molar-refractivity contribution in [1.29, 1.82) is 0 Å². The average molecular weight is 479 g/mol. The van der Waals surface area contributed by atoms with E-state index < -0.39 is 28.0 Å². The van der Waals surface area contributed by atoms with E-state index in [0.29, 0.717) is 11.4 Å². The summed E-state index contributed by atoms with van der Waals surface area (Å²) in [7, 11) is -3.79. The minimum atomic E-state index is -3.79. The molecule has 174 valence electrons. The molecule has 1 heterocycles. The summed E-state index contributed by atoms with van der Waals surface area (Å²) >= 11 is 0. The molecule has 9 heteroatoms. The van der Waals surface area contributed by atoms with Crippen LogP contribution in [0.25, 0.3) is 10.8 Å². The van der Waals surface area contributed by atoms with Crippen molar-refractivity contribution in [3.05, 3.63) is 96.4 Å². The number of hydrogen-bond donors (Lipinski definition) is 2. The molecule has 2 N–H and O–H groups in total. The van der Waals surface area contributed by atoms with E-state index in [-0.39, 0.29) is 17.0 Å². The first-order chi connectivity index (χ1) is 16.3. The Morgan fingerprint density at radius 2 is 1.68 bits per heavy atom. The molecule has 1 amide bonds. The van der Waals surface area contributed by atoms with E-state index in [9.17, 15) is 18.0 Å². The number of sulfonamides is 1. The number of hydrogen-bond acceptors (Lipinski definition) is 6. The van der Waals surface area contributed by atoms with Crippen molar-refractivity contribution in [3.63, 3.8) is 0 Å². The molecule has 8 nitrogen and oxygen atoms in total. The number of benzene rings is 3. The number of anilines is 1. The minimum Gasteiger partial charge on any atom is -0.468 e. The fraction of sp³-hybridized carbons (Fsp3) is 0.120. The Balaban J connectivity index is 1.37. The molecule has 0 radical (unpaired) electrons. The summed E-state index contributed by atoms with van der Waals surface area (Å²) in [6, 6.07) is 21.7. The maximum atomic E-state index is 12.6. The quantitative estimate of drug-likeness (QED) is 0.369. The highest BCUT2D eigenvalue weighted by atomic mass is 32.2. The average Bonchev–Trinajstić information content (AvgIpc) is 3.37. The maximum Gasteiger partial charge on any atom is 0.338 e. The lowest BCUT2D eigenvalue weighted by atomic mass is 10.1. The van der Waals surface area contributed by atoms with Gasteiger partial charge in [-0.05, 0) is 54.8 Å². The van der Waals surface area contributed by atoms with Gasteiger partial charge in [-0.3, -0.25) is 4.79 Å². The summed E-state index contributed by atoms with van der Waals surface area (Å²) in [5.41, 5.74) is 0.734. The summed E-state index contributed by atoms with van der Waals surface area (Å²) in [5, 5.41) is 4.63. The highest BCUT2D eigenvalue weighted by Crippen LogP contribution is 2.23. The molecular formula is C25H22N2O6S. The molecule has 4 rings (SSSR count). The lowest BCUT2D eigenvalue weighted by Gasteiger charge is -2.15. The van der Waals surface area contributed by atoms with Gasteiger partial charge in [-0.1, -0.05) is 36.4 Å². The van der Waals surface area contributed by atoms with Gasteiger partial charge in [-0.2, -0.15) is 0 Å². The summed E-state index contributed by atoms with van der Waals surface area (Å²) in [6.07, 6.45) is 0.387. The third-order valence-electron chi connectivity index (χ3n) is 5.12. The molecule has 0 aliphatic heterocycles. The molecule has 3 aromatic carbocycles. The van der Waals surface area contributed by atoms with E-state index in [1.165, 1.54) is 37.5 Å². The monoisotopic (exact) mass is 478 g/mol. The molecule has 0 fully saturated rings. The number of fused-ring (bicyclic) bond motifs is 1. The standard InChI is InChI=1S/C25H22N2O6S/c1-17(24(28)27-23-10-4-7-18-6-2-3-9-22(18)23)33-25(29)19-11-13-21(14-12-19)34(30,31)26-16-20-8-5-15-32-20/h2-15,17,26H,16H2,1H3,(H,27,28). The van der Waals surface area contributed by atoms with Crippen LogP contribution in [-0.4, -0.2) is 26.4 Å². The van der Waals surface area contributed by atoms with Gasteiger partial charge in [0.15, 0.2) is 6.10 Å². The van der Waals surface area contributed by atoms with Crippen LogP contribution in [0.3, 0.4) is 0 Å². The van der Waals surface area contributed by atoms with E-state index in [4.69, 9.17) is 9.15 Å². The molecule has 0 saturated heterocycles. The Kier molecular flexibility index (Phi) is 6.76. The molecule has 0 saturated carbocycles. The van der Waals surface area contributed by atoms with Crippen LogP contribution in [0.15, 0.2) is 94.4 Å². The Bertz CT molecular complexity index is 1410. The van der Waals surface area contributed by atoms with Crippen molar-refractivity contribution in [2.24, 2.45) is 0 Å². The predicted octanol–water partition coefficient (Wildman–Crippen LogP) is 4.10. The number of nitrogens with one attached hydrogen (secondary N) is 2. The topological polar surface area (TPSA) is 115 Å². The molecule has 0 aliphatic rings. The predicted molar refractivity (Wildman–Crippen MR) is 127 cm³/mol. The Hall–Kier alpha value is -3.95. The lowest BCUT2D eigenvalue weighted by Crippen LogP contribution is -2.30. The normalized spacial score (nSPS) is 12.3. The van der Waals surface area contributed by atoms with Crippen molar-refractivity contribution < 1.29 is 27.2 Å². The van der Waals surface area contributed by atoms with Crippen LogP contribution in [0.5, 0.6) is 0 Å². The summed E-state index contributed by atoms with van der Waals surface area (Å²) in [4.78, 5) is 25.1. The Labute approximate surface area is 196 Å². The van der Waals surface area contributed by atoms with Crippen molar-refractivity contribution in [2.75, 3.05) is 5.32 Å². The third kappa shape index (κ3) is 5.33. The molecule has 1 unspecified atom stereocenters. The van der Waals surface area contributed by atoms with Gasteiger partial charge < -0.3 is 14.5 Å². The summed E-state index contributed by atoms with van der Waals surface area (Å²) in [5.74, 6) is -0.751. The van der Waals surface area contributed by atoms with Crippen LogP contribution < -0.4 is 10.0 Å². The molecule has 0 spiro atoms. The SMILES string of the molecule is CC(OC(=O)c1ccc(S(=O)(=O)NCc2ccco2)cc1)C(=O)Nc1cccc2ccccc12. The molecule has 34 heavy (non-hydrogen) atoms. The zero-order valence-corrected chi connectivity index (χ0v) is 19.0. The van der Waals surface area contributed by atoms with Gasteiger partial charge in [-0.25, -0.2) is 17.9 Å². The first-order valence-electron chi connectivity index (χ1n) is 10.5. The molecule has 1 aromatic heterocycles. The number of carbonyl (C=O) groups excluding carboxylic acids is 2. The molecule has 0 aliphatic carbocycles. The van der Waals surface area contributed by atoms with Crippen LogP contribution in [0.1, 0.15) is 23.0 Å². The second-order valence-corrected chi connectivity index (χ2v) is 9.26. The van der Waals surface area contributed by atoms with Gasteiger partial charge in [0.25, 0.3) is 5.91 Å². The van der Waals surface area contributed by atoms with Crippen molar-refractivity contribution in [3.8, 4) is 0 Å². The van der Waals surface area contributed by atoms with E-state index >= 15 is 0 Å². The van der Waals surface area contributed by atoms with Crippen LogP contribution in [0.4, 0.5) is 5.69 Å². The van der Waals surface area contributed by atoms with Gasteiger partial charge >= 0.3 is 5.97 Å². The highest BCUT2D eigenvalue weighted by molar-refractivity contribution is 7.89. The number of carbonyl (C=O) groups is 2. The van der Waals surface area contributed by atoms with E-state index in [1.54, 1.807) is 18.2 Å². The largest absolute Gasteiger partial charge is 0.468 e. The number of esters is 1. The molecule has 1 atom stereocenters. The second kappa shape index (κ2) is 9.90. The van der Waals surface area contributed by atoms with E-state index in [0.717, 1.165) is 10.8 Å². The number of furan rings is 1. The molecule has 4 aromatic rings. The van der Waals surface area contributed by atoms with Crippen molar-refractivity contribution >= 4 is 38.4 Å². The summed E-state index contributed by atoms with van der Waals surface area (Å²) in [6.45, 7) is 1.47. The zero-order valence-electron chi connectivity index (χ0n) is 18.2. The number of rotatable bonds is 8. The third-order valence-corrected chi connectivity index (χ3v) is 6.53. The van der Waals surface area contributed by atoms with Crippen LogP contribution in [0.2, 0.25) is 0 Å². The maximum absolute atomic E-state index is 12.6. The first kappa shape index (κ1) is 23.2.